The first-order chi connectivity index (χ1) is 11.5. The van der Waals surface area contributed by atoms with Crippen molar-refractivity contribution in [2.45, 2.75) is 51.2 Å². The van der Waals surface area contributed by atoms with Gasteiger partial charge in [-0.25, -0.2) is 4.39 Å². The zero-order chi connectivity index (χ0) is 17.5. The van der Waals surface area contributed by atoms with Crippen LogP contribution in [0.1, 0.15) is 50.7 Å². The van der Waals surface area contributed by atoms with E-state index in [4.69, 9.17) is 0 Å². The number of rotatable bonds is 6. The molecule has 2 rings (SSSR count). The lowest BCUT2D eigenvalue weighted by molar-refractivity contribution is -0.142. The summed E-state index contributed by atoms with van der Waals surface area (Å²) in [4.78, 5) is 26.2. The predicted molar refractivity (Wildman–Crippen MR) is 88.6 cm³/mol. The second-order valence-corrected chi connectivity index (χ2v) is 6.13. The molecule has 0 bridgehead atoms. The molecule has 5 nitrogen and oxygen atoms in total. The summed E-state index contributed by atoms with van der Waals surface area (Å²) in [5, 5.41) is 12.7. The van der Waals surface area contributed by atoms with Gasteiger partial charge >= 0.3 is 0 Å². The third-order valence-electron chi connectivity index (χ3n) is 4.32. The summed E-state index contributed by atoms with van der Waals surface area (Å²) < 4.78 is 13.6. The van der Waals surface area contributed by atoms with Crippen molar-refractivity contribution in [2.75, 3.05) is 13.1 Å². The number of carbonyl (C=O) groups excluding carboxylic acids is 2. The summed E-state index contributed by atoms with van der Waals surface area (Å²) in [6, 6.07) is 5.45. The van der Waals surface area contributed by atoms with Gasteiger partial charge < -0.3 is 15.3 Å². The molecule has 0 aliphatic carbocycles. The largest absolute Gasteiger partial charge is 0.386 e. The third-order valence-corrected chi connectivity index (χ3v) is 4.32. The van der Waals surface area contributed by atoms with E-state index in [0.29, 0.717) is 19.4 Å². The molecule has 0 spiro atoms. The molecule has 132 valence electrons. The van der Waals surface area contributed by atoms with Crippen molar-refractivity contribution in [3.8, 4) is 0 Å². The maximum Gasteiger partial charge on any atom is 0.242 e. The number of likely N-dealkylation sites (tertiary alicyclic amines) is 1. The van der Waals surface area contributed by atoms with E-state index >= 15 is 0 Å². The van der Waals surface area contributed by atoms with E-state index in [0.717, 1.165) is 19.3 Å². The summed E-state index contributed by atoms with van der Waals surface area (Å²) in [5.74, 6) is -0.793. The smallest absolute Gasteiger partial charge is 0.242 e. The molecule has 1 aliphatic heterocycles. The number of nitrogens with zero attached hydrogens (tertiary/aromatic N) is 1. The van der Waals surface area contributed by atoms with Crippen LogP contribution in [0.3, 0.4) is 0 Å². The molecule has 6 heteroatoms. The summed E-state index contributed by atoms with van der Waals surface area (Å²) in [6.45, 7) is 2.44. The number of amides is 2. The number of hydrogen-bond acceptors (Lipinski definition) is 3. The molecule has 2 N–H and O–H groups in total. The second kappa shape index (κ2) is 8.78. The van der Waals surface area contributed by atoms with E-state index in [-0.39, 0.29) is 23.9 Å². The summed E-state index contributed by atoms with van der Waals surface area (Å²) in [7, 11) is 0. The first-order valence-electron chi connectivity index (χ1n) is 8.54. The van der Waals surface area contributed by atoms with Crippen molar-refractivity contribution >= 4 is 11.8 Å². The Kier molecular flexibility index (Phi) is 6.73. The average Bonchev–Trinajstić information content (AvgIpc) is 2.60. The molecule has 24 heavy (non-hydrogen) atoms. The van der Waals surface area contributed by atoms with Crippen LogP contribution in [0.5, 0.6) is 0 Å². The van der Waals surface area contributed by atoms with Gasteiger partial charge in [-0.15, -0.1) is 0 Å². The number of halogens is 1. The van der Waals surface area contributed by atoms with Crippen LogP contribution in [0.2, 0.25) is 0 Å². The molecular formula is C18H25FN2O3. The highest BCUT2D eigenvalue weighted by molar-refractivity contribution is 5.87. The summed E-state index contributed by atoms with van der Waals surface area (Å²) in [6.07, 6.45) is 2.48. The van der Waals surface area contributed by atoms with Gasteiger partial charge in [0.05, 0.1) is 6.10 Å². The highest BCUT2D eigenvalue weighted by Crippen LogP contribution is 2.20. The summed E-state index contributed by atoms with van der Waals surface area (Å²) in [5.41, 5.74) is 0.153. The van der Waals surface area contributed by atoms with Gasteiger partial charge in [-0.2, -0.15) is 0 Å². The van der Waals surface area contributed by atoms with Gasteiger partial charge in [0, 0.05) is 25.1 Å². The Morgan fingerprint density at radius 3 is 2.83 bits per heavy atom. The SMILES string of the molecule is CCCC(=O)N1CCCCC1C(=O)NCC(O)c1ccccc1F. The molecule has 1 aromatic carbocycles. The minimum atomic E-state index is -1.11. The number of benzene rings is 1. The lowest BCUT2D eigenvalue weighted by Crippen LogP contribution is -2.52. The maximum absolute atomic E-state index is 13.6. The van der Waals surface area contributed by atoms with Gasteiger partial charge in [-0.3, -0.25) is 9.59 Å². The Hall–Kier alpha value is -1.95. The number of piperidine rings is 1. The molecule has 0 radical (unpaired) electrons. The molecule has 0 saturated carbocycles. The highest BCUT2D eigenvalue weighted by atomic mass is 19.1. The van der Waals surface area contributed by atoms with Crippen LogP contribution >= 0.6 is 0 Å². The minimum absolute atomic E-state index is 0.00741. The molecule has 2 amide bonds. The van der Waals surface area contributed by atoms with Crippen LogP contribution in [0, 0.1) is 5.82 Å². The van der Waals surface area contributed by atoms with Gasteiger partial charge in [-0.1, -0.05) is 25.1 Å². The monoisotopic (exact) mass is 336 g/mol. The number of carbonyl (C=O) groups is 2. The zero-order valence-electron chi connectivity index (χ0n) is 14.0. The third kappa shape index (κ3) is 4.54. The van der Waals surface area contributed by atoms with Crippen LogP contribution < -0.4 is 5.32 Å². The van der Waals surface area contributed by atoms with Crippen LogP contribution in [0.15, 0.2) is 24.3 Å². The molecule has 1 aliphatic rings. The number of hydrogen-bond donors (Lipinski definition) is 2. The van der Waals surface area contributed by atoms with Gasteiger partial charge in [-0.05, 0) is 31.7 Å². The van der Waals surface area contributed by atoms with Crippen molar-refractivity contribution < 1.29 is 19.1 Å². The quantitative estimate of drug-likeness (QED) is 0.836. The fourth-order valence-electron chi connectivity index (χ4n) is 3.03. The molecular weight excluding hydrogens is 311 g/mol. The Labute approximate surface area is 141 Å². The Morgan fingerprint density at radius 2 is 2.12 bits per heavy atom. The van der Waals surface area contributed by atoms with Crippen LogP contribution in [-0.2, 0) is 9.59 Å². The number of aliphatic hydroxyl groups excluding tert-OH is 1. The first-order valence-corrected chi connectivity index (χ1v) is 8.54. The fourth-order valence-corrected chi connectivity index (χ4v) is 3.03. The maximum atomic E-state index is 13.6. The van der Waals surface area contributed by atoms with E-state index < -0.39 is 18.0 Å². The normalized spacial score (nSPS) is 19.0. The fraction of sp³-hybridized carbons (Fsp3) is 0.556. The highest BCUT2D eigenvalue weighted by Gasteiger charge is 2.31. The van der Waals surface area contributed by atoms with E-state index in [2.05, 4.69) is 5.32 Å². The molecule has 1 saturated heterocycles. The molecule has 1 aromatic rings. The first kappa shape index (κ1) is 18.4. The van der Waals surface area contributed by atoms with E-state index in [1.165, 1.54) is 12.1 Å². The lowest BCUT2D eigenvalue weighted by atomic mass is 10.0. The van der Waals surface area contributed by atoms with Gasteiger partial charge in [0.15, 0.2) is 0 Å². The number of nitrogens with one attached hydrogen (secondary N) is 1. The van der Waals surface area contributed by atoms with Gasteiger partial charge in [0.25, 0.3) is 0 Å². The van der Waals surface area contributed by atoms with Gasteiger partial charge in [0.1, 0.15) is 11.9 Å². The zero-order valence-corrected chi connectivity index (χ0v) is 14.0. The topological polar surface area (TPSA) is 69.6 Å². The Balaban J connectivity index is 1.95. The molecule has 1 heterocycles. The van der Waals surface area contributed by atoms with Gasteiger partial charge in [0.2, 0.25) is 11.8 Å². The van der Waals surface area contributed by atoms with Crippen LogP contribution in [-0.4, -0.2) is 41.0 Å². The van der Waals surface area contributed by atoms with E-state index in [1.54, 1.807) is 17.0 Å². The van der Waals surface area contributed by atoms with Crippen molar-refractivity contribution in [2.24, 2.45) is 0 Å². The van der Waals surface area contributed by atoms with E-state index in [1.807, 2.05) is 6.92 Å². The van der Waals surface area contributed by atoms with Crippen molar-refractivity contribution in [1.29, 1.82) is 0 Å². The minimum Gasteiger partial charge on any atom is -0.386 e. The van der Waals surface area contributed by atoms with Crippen molar-refractivity contribution in [3.05, 3.63) is 35.6 Å². The van der Waals surface area contributed by atoms with Crippen molar-refractivity contribution in [3.63, 3.8) is 0 Å². The lowest BCUT2D eigenvalue weighted by Gasteiger charge is -2.35. The van der Waals surface area contributed by atoms with Crippen LogP contribution in [0.4, 0.5) is 4.39 Å². The molecule has 2 atom stereocenters. The Bertz CT molecular complexity index is 579. The second-order valence-electron chi connectivity index (χ2n) is 6.13. The molecule has 1 fully saturated rings. The predicted octanol–water partition coefficient (Wildman–Crippen LogP) is 2.16. The summed E-state index contributed by atoms with van der Waals surface area (Å²) >= 11 is 0. The molecule has 0 aromatic heterocycles. The van der Waals surface area contributed by atoms with E-state index in [9.17, 15) is 19.1 Å². The number of aliphatic hydroxyl groups is 1. The average molecular weight is 336 g/mol. The van der Waals surface area contributed by atoms with Crippen molar-refractivity contribution in [1.82, 2.24) is 10.2 Å². The standard InChI is InChI=1S/C18H25FN2O3/c1-2-7-17(23)21-11-6-5-10-15(21)18(24)20-12-16(22)13-8-3-4-9-14(13)19/h3-4,8-9,15-16,22H,2,5-7,10-12H2,1H3,(H,20,24). The Morgan fingerprint density at radius 1 is 1.38 bits per heavy atom. The van der Waals surface area contributed by atoms with Crippen LogP contribution in [0.25, 0.3) is 0 Å². The molecule has 2 unspecified atom stereocenters.